The van der Waals surface area contributed by atoms with Gasteiger partial charge in [0.1, 0.15) is 5.58 Å². The minimum absolute atomic E-state index is 0.926. The zero-order chi connectivity index (χ0) is 25.1. The van der Waals surface area contributed by atoms with E-state index in [1.807, 2.05) is 0 Å². The van der Waals surface area contributed by atoms with Gasteiger partial charge in [-0.05, 0) is 70.4 Å². The van der Waals surface area contributed by atoms with Crippen LogP contribution in [0.2, 0.25) is 0 Å². The van der Waals surface area contributed by atoms with Gasteiger partial charge in [0.05, 0.1) is 12.4 Å². The zero-order valence-electron chi connectivity index (χ0n) is 21.1. The van der Waals surface area contributed by atoms with Gasteiger partial charge in [-0.2, -0.15) is 4.40 Å². The Labute approximate surface area is 217 Å². The molecule has 0 aliphatic rings. The molecule has 0 saturated carbocycles. The fraction of sp³-hybridized carbons (Fsp3) is 0.0571. The Balaban J connectivity index is 1.57. The molecule has 6 aromatic carbocycles. The third-order valence-electron chi connectivity index (χ3n) is 8.50. The molecule has 178 valence electrons. The van der Waals surface area contributed by atoms with E-state index in [0.717, 1.165) is 27.5 Å². The topological polar surface area (TPSA) is 21.4 Å². The fourth-order valence-corrected chi connectivity index (χ4v) is 6.78. The van der Waals surface area contributed by atoms with E-state index in [1.165, 1.54) is 59.9 Å². The first-order valence-electron chi connectivity index (χ1n) is 13.1. The quantitative estimate of drug-likeness (QED) is 0.155. The summed E-state index contributed by atoms with van der Waals surface area (Å²) in [5.74, 6) is 0. The number of aromatic nitrogens is 2. The Morgan fingerprint density at radius 3 is 2.37 bits per heavy atom. The van der Waals surface area contributed by atoms with Gasteiger partial charge in [0, 0.05) is 21.5 Å². The Morgan fingerprint density at radius 1 is 0.632 bits per heavy atom. The minimum Gasteiger partial charge on any atom is -0.452 e. The number of hydrogen-bond donors (Lipinski definition) is 0. The Bertz CT molecular complexity index is 2480. The van der Waals surface area contributed by atoms with E-state index in [2.05, 4.69) is 126 Å². The summed E-state index contributed by atoms with van der Waals surface area (Å²) in [4.78, 5) is 0. The maximum Gasteiger partial charge on any atom is 0.295 e. The van der Waals surface area contributed by atoms with E-state index in [0.29, 0.717) is 0 Å². The second-order valence-corrected chi connectivity index (χ2v) is 10.5. The average Bonchev–Trinajstić information content (AvgIpc) is 3.47. The van der Waals surface area contributed by atoms with Crippen LogP contribution in [-0.2, 0) is 7.05 Å². The molecule has 38 heavy (non-hydrogen) atoms. The van der Waals surface area contributed by atoms with Crippen molar-refractivity contribution < 1.29 is 8.98 Å². The Kier molecular flexibility index (Phi) is 3.67. The summed E-state index contributed by atoms with van der Waals surface area (Å²) in [6, 6.07) is 37.4. The standard InChI is InChI=1S/C35H23N2O/c1-20-8-7-11-24-25-16-17-26-28-18-22-15-14-21-9-3-4-10-23(21)27(22)19-31(28)38-34(26)33(25)37-30-13-6-5-12-29(30)36(2)35(37)32(20)24/h3-19H,1-2H3/q+1. The van der Waals surface area contributed by atoms with Gasteiger partial charge < -0.3 is 4.42 Å². The van der Waals surface area contributed by atoms with Gasteiger partial charge in [0.25, 0.3) is 5.65 Å². The predicted molar refractivity (Wildman–Crippen MR) is 158 cm³/mol. The van der Waals surface area contributed by atoms with Crippen molar-refractivity contribution in [2.75, 3.05) is 0 Å². The highest BCUT2D eigenvalue weighted by molar-refractivity contribution is 6.24. The summed E-state index contributed by atoms with van der Waals surface area (Å²) >= 11 is 0. The molecule has 9 rings (SSSR count). The van der Waals surface area contributed by atoms with Gasteiger partial charge in [0.15, 0.2) is 22.1 Å². The molecular formula is C35H23N2O+. The van der Waals surface area contributed by atoms with Gasteiger partial charge >= 0.3 is 0 Å². The first-order valence-corrected chi connectivity index (χ1v) is 13.1. The lowest BCUT2D eigenvalue weighted by Crippen LogP contribution is -2.27. The van der Waals surface area contributed by atoms with Crippen LogP contribution in [0, 0.1) is 6.92 Å². The van der Waals surface area contributed by atoms with E-state index in [-0.39, 0.29) is 0 Å². The number of benzene rings is 6. The fourth-order valence-electron chi connectivity index (χ4n) is 6.78. The van der Waals surface area contributed by atoms with Crippen LogP contribution in [-0.4, -0.2) is 4.40 Å². The first-order chi connectivity index (χ1) is 18.7. The van der Waals surface area contributed by atoms with Crippen LogP contribution in [0.4, 0.5) is 0 Å². The second-order valence-electron chi connectivity index (χ2n) is 10.5. The number of pyridine rings is 1. The monoisotopic (exact) mass is 487 g/mol. The van der Waals surface area contributed by atoms with Crippen LogP contribution >= 0.6 is 0 Å². The highest BCUT2D eigenvalue weighted by Gasteiger charge is 2.27. The van der Waals surface area contributed by atoms with Crippen LogP contribution in [0.15, 0.2) is 108 Å². The van der Waals surface area contributed by atoms with Crippen LogP contribution in [0.25, 0.3) is 81.8 Å². The van der Waals surface area contributed by atoms with Gasteiger partial charge in [0.2, 0.25) is 0 Å². The normalized spacial score (nSPS) is 12.5. The smallest absolute Gasteiger partial charge is 0.295 e. The Hall–Kier alpha value is -4.89. The molecule has 0 radical (unpaired) electrons. The van der Waals surface area contributed by atoms with Crippen molar-refractivity contribution in [1.29, 1.82) is 0 Å². The van der Waals surface area contributed by atoms with Crippen molar-refractivity contribution in [3.8, 4) is 0 Å². The number of para-hydroxylation sites is 2. The zero-order valence-corrected chi connectivity index (χ0v) is 21.1. The lowest BCUT2D eigenvalue weighted by molar-refractivity contribution is -0.617. The third kappa shape index (κ3) is 2.37. The molecule has 0 atom stereocenters. The molecule has 9 aromatic rings. The molecule has 3 heteroatoms. The minimum atomic E-state index is 0.926. The van der Waals surface area contributed by atoms with Crippen LogP contribution in [0.5, 0.6) is 0 Å². The number of fused-ring (bicyclic) bond motifs is 15. The summed E-state index contributed by atoms with van der Waals surface area (Å²) in [6.07, 6.45) is 0. The molecule has 3 aromatic heterocycles. The first kappa shape index (κ1) is 20.2. The molecule has 0 bridgehead atoms. The largest absolute Gasteiger partial charge is 0.452 e. The predicted octanol–water partition coefficient (Wildman–Crippen LogP) is 8.74. The maximum absolute atomic E-state index is 6.84. The summed E-state index contributed by atoms with van der Waals surface area (Å²) < 4.78 is 11.6. The molecule has 0 saturated heterocycles. The number of aryl methyl sites for hydroxylation is 2. The molecule has 3 heterocycles. The number of imidazole rings is 1. The van der Waals surface area contributed by atoms with Crippen molar-refractivity contribution in [3.63, 3.8) is 0 Å². The number of nitrogens with zero attached hydrogens (tertiary/aromatic N) is 2. The van der Waals surface area contributed by atoms with Gasteiger partial charge in [-0.1, -0.05) is 66.7 Å². The number of rotatable bonds is 0. The SMILES string of the molecule is Cc1cccc2c3ccc4c5cc6ccc7ccccc7c6cc5oc4c3n3c4ccccc4[n+](C)c3c12. The van der Waals surface area contributed by atoms with Crippen molar-refractivity contribution in [1.82, 2.24) is 4.40 Å². The van der Waals surface area contributed by atoms with Crippen molar-refractivity contribution >= 4 is 81.8 Å². The van der Waals surface area contributed by atoms with Gasteiger partial charge in [-0.3, -0.25) is 0 Å². The molecule has 0 fully saturated rings. The van der Waals surface area contributed by atoms with Crippen LogP contribution in [0.1, 0.15) is 5.56 Å². The maximum atomic E-state index is 6.84. The highest BCUT2D eigenvalue weighted by Crippen LogP contribution is 2.41. The van der Waals surface area contributed by atoms with Crippen molar-refractivity contribution in [3.05, 3.63) is 109 Å². The van der Waals surface area contributed by atoms with Gasteiger partial charge in [-0.25, -0.2) is 4.57 Å². The summed E-state index contributed by atoms with van der Waals surface area (Å²) in [6.45, 7) is 2.21. The molecule has 0 spiro atoms. The number of hydrogen-bond acceptors (Lipinski definition) is 1. The molecule has 0 amide bonds. The van der Waals surface area contributed by atoms with E-state index < -0.39 is 0 Å². The molecule has 0 N–H and O–H groups in total. The van der Waals surface area contributed by atoms with Crippen molar-refractivity contribution in [2.24, 2.45) is 7.05 Å². The second kappa shape index (κ2) is 6.90. The molecule has 0 aliphatic heterocycles. The summed E-state index contributed by atoms with van der Waals surface area (Å²) in [5, 5.41) is 11.0. The third-order valence-corrected chi connectivity index (χ3v) is 8.50. The Morgan fingerprint density at radius 2 is 1.42 bits per heavy atom. The van der Waals surface area contributed by atoms with E-state index >= 15 is 0 Å². The van der Waals surface area contributed by atoms with E-state index in [1.54, 1.807) is 0 Å². The number of furan rings is 1. The van der Waals surface area contributed by atoms with Crippen molar-refractivity contribution in [2.45, 2.75) is 6.92 Å². The van der Waals surface area contributed by atoms with E-state index in [4.69, 9.17) is 4.42 Å². The summed E-state index contributed by atoms with van der Waals surface area (Å²) in [5.41, 5.74) is 7.84. The summed E-state index contributed by atoms with van der Waals surface area (Å²) in [7, 11) is 2.17. The highest BCUT2D eigenvalue weighted by atomic mass is 16.3. The molecule has 3 nitrogen and oxygen atoms in total. The molecule has 0 aliphatic carbocycles. The lowest BCUT2D eigenvalue weighted by atomic mass is 9.98. The van der Waals surface area contributed by atoms with Crippen LogP contribution in [0.3, 0.4) is 0 Å². The average molecular weight is 488 g/mol. The van der Waals surface area contributed by atoms with E-state index in [9.17, 15) is 0 Å². The van der Waals surface area contributed by atoms with Gasteiger partial charge in [-0.15, -0.1) is 0 Å². The van der Waals surface area contributed by atoms with Crippen LogP contribution < -0.4 is 4.57 Å². The molecule has 0 unspecified atom stereocenters. The molecular weight excluding hydrogens is 464 g/mol. The lowest BCUT2D eigenvalue weighted by Gasteiger charge is -2.07.